The molecule has 0 saturated heterocycles. The Morgan fingerprint density at radius 3 is 2.56 bits per heavy atom. The summed E-state index contributed by atoms with van der Waals surface area (Å²) in [5.74, 6) is -0.830. The predicted molar refractivity (Wildman–Crippen MR) is 92.5 cm³/mol. The lowest BCUT2D eigenvalue weighted by Crippen LogP contribution is -2.34. The van der Waals surface area contributed by atoms with E-state index in [4.69, 9.17) is 0 Å². The molecule has 1 unspecified atom stereocenters. The van der Waals surface area contributed by atoms with Gasteiger partial charge >= 0.3 is 0 Å². The third-order valence-corrected chi connectivity index (χ3v) is 3.41. The van der Waals surface area contributed by atoms with Gasteiger partial charge in [0.15, 0.2) is 0 Å². The molecule has 2 rings (SSSR count). The number of hydrogen-bond donors (Lipinski definition) is 2. The lowest BCUT2D eigenvalue weighted by atomic mass is 10.2. The van der Waals surface area contributed by atoms with Crippen LogP contribution in [0.2, 0.25) is 0 Å². The van der Waals surface area contributed by atoms with E-state index in [-0.39, 0.29) is 11.3 Å². The average Bonchev–Trinajstić information content (AvgIpc) is 2.58. The molecule has 2 N–H and O–H groups in total. The number of non-ortho nitro benzene ring substituents is 1. The van der Waals surface area contributed by atoms with Gasteiger partial charge in [-0.3, -0.25) is 14.9 Å². The molecule has 1 amide bonds. The highest BCUT2D eigenvalue weighted by molar-refractivity contribution is 5.88. The largest absolute Gasteiger partial charge is 0.872 e. The minimum atomic E-state index is -0.608. The maximum absolute atomic E-state index is 12.0. The van der Waals surface area contributed by atoms with Crippen LogP contribution in [0, 0.1) is 17.0 Å². The Balaban J connectivity index is 1.96. The number of carbonyl (C=O) groups excluding carboxylic acids is 1. The number of benzene rings is 2. The van der Waals surface area contributed by atoms with E-state index in [0.717, 1.165) is 35.7 Å². The molecule has 8 heteroatoms. The van der Waals surface area contributed by atoms with Crippen molar-refractivity contribution < 1.29 is 14.8 Å². The number of hydrogen-bond acceptors (Lipinski definition) is 6. The minimum Gasteiger partial charge on any atom is -0.872 e. The Labute approximate surface area is 144 Å². The first-order chi connectivity index (χ1) is 11.9. The van der Waals surface area contributed by atoms with Gasteiger partial charge in [0, 0.05) is 17.8 Å². The molecule has 0 spiro atoms. The highest BCUT2D eigenvalue weighted by Crippen LogP contribution is 2.19. The number of nitrogens with one attached hydrogen (secondary N) is 2. The number of carbonyl (C=O) groups is 1. The molecule has 25 heavy (non-hydrogen) atoms. The Bertz CT molecular complexity index is 803. The molecule has 0 radical (unpaired) electrons. The first-order valence-corrected chi connectivity index (χ1v) is 7.48. The van der Waals surface area contributed by atoms with Gasteiger partial charge in [-0.25, -0.2) is 5.43 Å². The molecule has 1 atom stereocenters. The Morgan fingerprint density at radius 1 is 1.24 bits per heavy atom. The third kappa shape index (κ3) is 5.03. The second-order valence-corrected chi connectivity index (χ2v) is 5.45. The molecule has 2 aromatic rings. The first kappa shape index (κ1) is 17.9. The summed E-state index contributed by atoms with van der Waals surface area (Å²) in [7, 11) is 0. The summed E-state index contributed by atoms with van der Waals surface area (Å²) in [5.41, 5.74) is 4.00. The highest BCUT2D eigenvalue weighted by atomic mass is 16.6. The van der Waals surface area contributed by atoms with Crippen molar-refractivity contribution in [2.24, 2.45) is 5.10 Å². The number of rotatable bonds is 6. The molecule has 0 bridgehead atoms. The molecule has 0 aliphatic carbocycles. The Hall–Kier alpha value is -3.42. The molecule has 0 saturated carbocycles. The number of amides is 1. The fourth-order valence-corrected chi connectivity index (χ4v) is 1.98. The number of anilines is 1. The summed E-state index contributed by atoms with van der Waals surface area (Å²) in [5, 5.41) is 29.1. The molecular formula is C17H17N4O4-. The van der Waals surface area contributed by atoms with E-state index in [1.54, 1.807) is 6.92 Å². The van der Waals surface area contributed by atoms with Crippen LogP contribution in [0.3, 0.4) is 0 Å². The van der Waals surface area contributed by atoms with E-state index in [2.05, 4.69) is 15.8 Å². The number of hydrazone groups is 1. The second kappa shape index (κ2) is 7.91. The normalized spacial score (nSPS) is 11.9. The van der Waals surface area contributed by atoms with Crippen molar-refractivity contribution >= 4 is 23.5 Å². The zero-order valence-corrected chi connectivity index (χ0v) is 13.7. The Kier molecular flexibility index (Phi) is 5.67. The monoisotopic (exact) mass is 341 g/mol. The average molecular weight is 341 g/mol. The van der Waals surface area contributed by atoms with Crippen LogP contribution in [-0.2, 0) is 4.79 Å². The third-order valence-electron chi connectivity index (χ3n) is 3.41. The molecule has 130 valence electrons. The Morgan fingerprint density at radius 2 is 1.92 bits per heavy atom. The van der Waals surface area contributed by atoms with Gasteiger partial charge in [-0.05, 0) is 31.5 Å². The van der Waals surface area contributed by atoms with Gasteiger partial charge in [-0.15, -0.1) is 0 Å². The number of nitro groups is 1. The van der Waals surface area contributed by atoms with E-state index in [0.29, 0.717) is 0 Å². The highest BCUT2D eigenvalue weighted by Gasteiger charge is 2.11. The van der Waals surface area contributed by atoms with Gasteiger partial charge in [-0.1, -0.05) is 29.5 Å². The quantitative estimate of drug-likeness (QED) is 0.472. The molecule has 0 heterocycles. The van der Waals surface area contributed by atoms with Gasteiger partial charge in [0.05, 0.1) is 11.1 Å². The van der Waals surface area contributed by atoms with Crippen LogP contribution in [-0.4, -0.2) is 23.1 Å². The summed E-state index contributed by atoms with van der Waals surface area (Å²) < 4.78 is 0. The van der Waals surface area contributed by atoms with Gasteiger partial charge in [0.2, 0.25) is 0 Å². The van der Waals surface area contributed by atoms with Crippen LogP contribution in [0.5, 0.6) is 5.75 Å². The maximum atomic E-state index is 12.0. The fourth-order valence-electron chi connectivity index (χ4n) is 1.98. The van der Waals surface area contributed by atoms with Gasteiger partial charge < -0.3 is 10.4 Å². The summed E-state index contributed by atoms with van der Waals surface area (Å²) in [4.78, 5) is 22.1. The number of nitro benzene ring substituents is 1. The van der Waals surface area contributed by atoms with Crippen molar-refractivity contribution in [2.75, 3.05) is 5.32 Å². The van der Waals surface area contributed by atoms with Crippen LogP contribution in [0.15, 0.2) is 47.6 Å². The van der Waals surface area contributed by atoms with Crippen molar-refractivity contribution in [1.82, 2.24) is 5.43 Å². The van der Waals surface area contributed by atoms with E-state index in [1.807, 2.05) is 31.2 Å². The zero-order chi connectivity index (χ0) is 18.4. The summed E-state index contributed by atoms with van der Waals surface area (Å²) in [6, 6.07) is 10.3. The van der Waals surface area contributed by atoms with Gasteiger partial charge in [-0.2, -0.15) is 5.10 Å². The van der Waals surface area contributed by atoms with E-state index < -0.39 is 22.6 Å². The molecule has 0 aliphatic rings. The number of aryl methyl sites for hydroxylation is 1. The van der Waals surface area contributed by atoms with Crippen molar-refractivity contribution in [1.29, 1.82) is 0 Å². The lowest BCUT2D eigenvalue weighted by molar-refractivity contribution is -0.385. The molecule has 0 aromatic heterocycles. The van der Waals surface area contributed by atoms with Gasteiger partial charge in [0.25, 0.3) is 11.6 Å². The van der Waals surface area contributed by atoms with Crippen LogP contribution in [0.4, 0.5) is 11.4 Å². The maximum Gasteiger partial charge on any atom is 0.270 e. The fraction of sp³-hybridized carbons (Fsp3) is 0.176. The molecule has 0 aliphatic heterocycles. The molecular weight excluding hydrogens is 324 g/mol. The first-order valence-electron chi connectivity index (χ1n) is 7.48. The van der Waals surface area contributed by atoms with E-state index in [1.165, 1.54) is 0 Å². The summed E-state index contributed by atoms with van der Waals surface area (Å²) in [6.07, 6.45) is 1.09. The van der Waals surface area contributed by atoms with Crippen molar-refractivity contribution in [2.45, 2.75) is 19.9 Å². The van der Waals surface area contributed by atoms with E-state index in [9.17, 15) is 20.0 Å². The lowest BCUT2D eigenvalue weighted by Gasteiger charge is -2.13. The van der Waals surface area contributed by atoms with Crippen LogP contribution in [0.1, 0.15) is 18.1 Å². The minimum absolute atomic E-state index is 0.0219. The molecule has 0 fully saturated rings. The van der Waals surface area contributed by atoms with Crippen molar-refractivity contribution in [3.63, 3.8) is 0 Å². The van der Waals surface area contributed by atoms with E-state index >= 15 is 0 Å². The predicted octanol–water partition coefficient (Wildman–Crippen LogP) is 1.93. The summed E-state index contributed by atoms with van der Waals surface area (Å²) in [6.45, 7) is 3.63. The molecule has 8 nitrogen and oxygen atoms in total. The van der Waals surface area contributed by atoms with Crippen LogP contribution in [0.25, 0.3) is 0 Å². The topological polar surface area (TPSA) is 120 Å². The molecule has 2 aromatic carbocycles. The second-order valence-electron chi connectivity index (χ2n) is 5.45. The van der Waals surface area contributed by atoms with Crippen molar-refractivity contribution in [3.05, 3.63) is 63.7 Å². The zero-order valence-electron chi connectivity index (χ0n) is 13.7. The van der Waals surface area contributed by atoms with Crippen LogP contribution < -0.4 is 15.8 Å². The standard InChI is InChI=1S/C17H18N4O4/c1-11-3-5-14(6-4-11)19-12(2)17(23)20-18-10-13-9-15(21(24)25)7-8-16(13)22/h3-10,12,19,22H,1-2H3,(H,20,23)/p-1. The summed E-state index contributed by atoms with van der Waals surface area (Å²) >= 11 is 0. The smallest absolute Gasteiger partial charge is 0.270 e. The SMILES string of the molecule is Cc1ccc(NC(C)C(=O)NN=Cc2cc([N+](=O)[O-])ccc2[O-])cc1. The van der Waals surface area contributed by atoms with Crippen LogP contribution >= 0.6 is 0 Å². The number of nitrogens with zero attached hydrogens (tertiary/aromatic N) is 2. The van der Waals surface area contributed by atoms with Gasteiger partial charge in [0.1, 0.15) is 6.04 Å². The van der Waals surface area contributed by atoms with Crippen molar-refractivity contribution in [3.8, 4) is 5.75 Å².